The smallest absolute Gasteiger partial charge is 0.121 e. The van der Waals surface area contributed by atoms with Gasteiger partial charge >= 0.3 is 0 Å². The average Bonchev–Trinajstić information content (AvgIpc) is 2.33. The summed E-state index contributed by atoms with van der Waals surface area (Å²) in [6, 6.07) is 5.82. The van der Waals surface area contributed by atoms with Crippen molar-refractivity contribution in [3.05, 3.63) is 18.2 Å². The average molecular weight is 263 g/mol. The first kappa shape index (κ1) is 14.0. The number of likely N-dealkylation sites (N-methyl/N-ethyl adjacent to an activating group) is 2. The predicted octanol–water partition coefficient (Wildman–Crippen LogP) is 2.20. The molecule has 0 spiro atoms. The van der Waals surface area contributed by atoms with Crippen molar-refractivity contribution in [1.29, 1.82) is 0 Å². The Morgan fingerprint density at radius 3 is 2.42 bits per heavy atom. The Kier molecular flexibility index (Phi) is 3.90. The summed E-state index contributed by atoms with van der Waals surface area (Å²) in [5.74, 6) is 0.851. The molecule has 0 atom stereocenters. The van der Waals surface area contributed by atoms with Gasteiger partial charge in [0.2, 0.25) is 0 Å². The van der Waals surface area contributed by atoms with E-state index in [4.69, 9.17) is 10.5 Å². The number of anilines is 2. The zero-order valence-electron chi connectivity index (χ0n) is 12.4. The minimum atomic E-state index is 0.296. The van der Waals surface area contributed by atoms with E-state index in [9.17, 15) is 0 Å². The fraction of sp³-hybridized carbons (Fsp3) is 0.600. The van der Waals surface area contributed by atoms with E-state index in [-0.39, 0.29) is 0 Å². The lowest BCUT2D eigenvalue weighted by molar-refractivity contribution is 0.0683. The quantitative estimate of drug-likeness (QED) is 0.827. The summed E-state index contributed by atoms with van der Waals surface area (Å²) in [7, 11) is 8.13. The number of nitrogens with two attached hydrogens (primary N) is 1. The van der Waals surface area contributed by atoms with E-state index in [1.165, 1.54) is 19.3 Å². The SMILES string of the molecule is COc1ccc(N)c(N(C)CC2(N(C)C)CCC2)c1. The van der Waals surface area contributed by atoms with Gasteiger partial charge in [-0.3, -0.25) is 0 Å². The van der Waals surface area contributed by atoms with Gasteiger partial charge in [-0.1, -0.05) is 0 Å². The van der Waals surface area contributed by atoms with Gasteiger partial charge in [0.05, 0.1) is 18.5 Å². The maximum atomic E-state index is 6.09. The topological polar surface area (TPSA) is 41.7 Å². The summed E-state index contributed by atoms with van der Waals surface area (Å²) < 4.78 is 5.29. The second-order valence-electron chi connectivity index (χ2n) is 5.75. The molecule has 4 nitrogen and oxygen atoms in total. The molecule has 1 saturated carbocycles. The third-order valence-electron chi connectivity index (χ3n) is 4.41. The molecule has 0 bridgehead atoms. The molecule has 0 amide bonds. The van der Waals surface area contributed by atoms with Crippen molar-refractivity contribution in [3.63, 3.8) is 0 Å². The van der Waals surface area contributed by atoms with Crippen LogP contribution in [0.4, 0.5) is 11.4 Å². The van der Waals surface area contributed by atoms with Gasteiger partial charge in [0.15, 0.2) is 0 Å². The lowest BCUT2D eigenvalue weighted by Gasteiger charge is -2.49. The van der Waals surface area contributed by atoms with Crippen LogP contribution >= 0.6 is 0 Å². The van der Waals surface area contributed by atoms with Crippen molar-refractivity contribution in [1.82, 2.24) is 4.90 Å². The number of hydrogen-bond donors (Lipinski definition) is 1. The van der Waals surface area contributed by atoms with Crippen molar-refractivity contribution in [2.45, 2.75) is 24.8 Å². The first-order valence-electron chi connectivity index (χ1n) is 6.80. The Morgan fingerprint density at radius 1 is 1.26 bits per heavy atom. The Labute approximate surface area is 116 Å². The van der Waals surface area contributed by atoms with Crippen LogP contribution in [0, 0.1) is 0 Å². The van der Waals surface area contributed by atoms with Crippen molar-refractivity contribution < 1.29 is 4.74 Å². The van der Waals surface area contributed by atoms with E-state index in [2.05, 4.69) is 30.9 Å². The summed E-state index contributed by atoms with van der Waals surface area (Å²) in [5, 5.41) is 0. The van der Waals surface area contributed by atoms with Gasteiger partial charge < -0.3 is 20.3 Å². The Morgan fingerprint density at radius 2 is 1.95 bits per heavy atom. The molecule has 4 heteroatoms. The second-order valence-corrected chi connectivity index (χ2v) is 5.75. The molecule has 1 aliphatic rings. The van der Waals surface area contributed by atoms with Crippen LogP contribution in [0.2, 0.25) is 0 Å². The molecule has 1 aromatic carbocycles. The maximum absolute atomic E-state index is 6.09. The van der Waals surface area contributed by atoms with Crippen molar-refractivity contribution in [3.8, 4) is 5.75 Å². The summed E-state index contributed by atoms with van der Waals surface area (Å²) >= 11 is 0. The Balaban J connectivity index is 2.17. The molecule has 2 N–H and O–H groups in total. The van der Waals surface area contributed by atoms with Crippen LogP contribution < -0.4 is 15.4 Å². The molecule has 19 heavy (non-hydrogen) atoms. The molecule has 1 aliphatic carbocycles. The highest BCUT2D eigenvalue weighted by atomic mass is 16.5. The molecule has 0 unspecified atom stereocenters. The number of hydrogen-bond acceptors (Lipinski definition) is 4. The molecule has 106 valence electrons. The maximum Gasteiger partial charge on any atom is 0.121 e. The standard InChI is InChI=1S/C15H25N3O/c1-17(2)15(8-5-9-15)11-18(3)14-10-12(19-4)6-7-13(14)16/h6-7,10H,5,8-9,11,16H2,1-4H3. The minimum Gasteiger partial charge on any atom is -0.497 e. The third-order valence-corrected chi connectivity index (χ3v) is 4.41. The number of rotatable bonds is 5. The zero-order valence-corrected chi connectivity index (χ0v) is 12.4. The number of nitrogen functional groups attached to an aromatic ring is 1. The van der Waals surface area contributed by atoms with Crippen LogP contribution in [-0.2, 0) is 0 Å². The fourth-order valence-corrected chi connectivity index (χ4v) is 2.84. The fourth-order valence-electron chi connectivity index (χ4n) is 2.84. The molecular formula is C15H25N3O. The first-order valence-corrected chi connectivity index (χ1v) is 6.80. The highest BCUT2D eigenvalue weighted by Gasteiger charge is 2.40. The number of methoxy groups -OCH3 is 1. The molecule has 0 aliphatic heterocycles. The minimum absolute atomic E-state index is 0.296. The lowest BCUT2D eigenvalue weighted by atomic mass is 9.75. The molecule has 2 rings (SSSR count). The van der Waals surface area contributed by atoms with Gasteiger partial charge in [-0.2, -0.15) is 0 Å². The number of ether oxygens (including phenoxy) is 1. The van der Waals surface area contributed by atoms with Crippen LogP contribution in [0.3, 0.4) is 0 Å². The van der Waals surface area contributed by atoms with E-state index < -0.39 is 0 Å². The van der Waals surface area contributed by atoms with Gasteiger partial charge in [0.1, 0.15) is 5.75 Å². The molecule has 1 aromatic rings. The molecule has 0 aromatic heterocycles. The summed E-state index contributed by atoms with van der Waals surface area (Å²) in [4.78, 5) is 4.60. The monoisotopic (exact) mass is 263 g/mol. The van der Waals surface area contributed by atoms with Gasteiger partial charge in [-0.25, -0.2) is 0 Å². The Bertz CT molecular complexity index is 441. The van der Waals surface area contributed by atoms with E-state index >= 15 is 0 Å². The molecule has 0 saturated heterocycles. The predicted molar refractivity (Wildman–Crippen MR) is 80.9 cm³/mol. The molecule has 1 fully saturated rings. The van der Waals surface area contributed by atoms with E-state index in [0.717, 1.165) is 23.7 Å². The summed E-state index contributed by atoms with van der Waals surface area (Å²) in [5.41, 5.74) is 8.24. The van der Waals surface area contributed by atoms with E-state index in [1.54, 1.807) is 7.11 Å². The van der Waals surface area contributed by atoms with Crippen LogP contribution in [0.1, 0.15) is 19.3 Å². The third kappa shape index (κ3) is 2.63. The summed E-state index contributed by atoms with van der Waals surface area (Å²) in [6.07, 6.45) is 3.84. The first-order chi connectivity index (χ1) is 8.98. The summed E-state index contributed by atoms with van der Waals surface area (Å²) in [6.45, 7) is 0.997. The number of benzene rings is 1. The molecular weight excluding hydrogens is 238 g/mol. The highest BCUT2D eigenvalue weighted by Crippen LogP contribution is 2.38. The molecule has 0 heterocycles. The van der Waals surface area contributed by atoms with Gasteiger partial charge in [0, 0.05) is 25.2 Å². The van der Waals surface area contributed by atoms with Crippen LogP contribution in [-0.4, -0.2) is 45.2 Å². The van der Waals surface area contributed by atoms with Crippen LogP contribution in [0.15, 0.2) is 18.2 Å². The van der Waals surface area contributed by atoms with Gasteiger partial charge in [-0.15, -0.1) is 0 Å². The second kappa shape index (κ2) is 5.29. The van der Waals surface area contributed by atoms with Crippen LogP contribution in [0.5, 0.6) is 5.75 Å². The Hall–Kier alpha value is -1.42. The van der Waals surface area contributed by atoms with Gasteiger partial charge in [0.25, 0.3) is 0 Å². The highest BCUT2D eigenvalue weighted by molar-refractivity contribution is 5.69. The zero-order chi connectivity index (χ0) is 14.0. The van der Waals surface area contributed by atoms with Crippen LogP contribution in [0.25, 0.3) is 0 Å². The van der Waals surface area contributed by atoms with Crippen molar-refractivity contribution in [2.75, 3.05) is 45.4 Å². The van der Waals surface area contributed by atoms with E-state index in [1.807, 2.05) is 18.2 Å². The normalized spacial score (nSPS) is 17.1. The van der Waals surface area contributed by atoms with Gasteiger partial charge in [-0.05, 0) is 45.5 Å². The number of nitrogens with zero attached hydrogens (tertiary/aromatic N) is 2. The van der Waals surface area contributed by atoms with Crippen molar-refractivity contribution in [2.24, 2.45) is 0 Å². The molecule has 0 radical (unpaired) electrons. The lowest BCUT2D eigenvalue weighted by Crippen LogP contribution is -2.56. The van der Waals surface area contributed by atoms with E-state index in [0.29, 0.717) is 5.54 Å². The largest absolute Gasteiger partial charge is 0.497 e. The van der Waals surface area contributed by atoms with Crippen molar-refractivity contribution >= 4 is 11.4 Å².